The fourth-order valence-electron chi connectivity index (χ4n) is 5.03. The molecule has 0 aromatic carbocycles. The topological polar surface area (TPSA) is 506 Å². The average Bonchev–Trinajstić information content (AvgIpc) is 1.77. The minimum Gasteiger partial charge on any atom is -0.460 e. The molecule has 0 aliphatic carbocycles. The maximum Gasteiger partial charge on any atom is 0.410 e. The predicted molar refractivity (Wildman–Crippen MR) is 334 cm³/mol. The van der Waals surface area contributed by atoms with Gasteiger partial charge in [-0.15, -0.1) is 58.0 Å². The van der Waals surface area contributed by atoms with E-state index in [9.17, 15) is 33.6 Å². The van der Waals surface area contributed by atoms with Crippen molar-refractivity contribution < 1.29 is 89.6 Å². The molecule has 0 atom stereocenters. The fourth-order valence-corrected chi connectivity index (χ4v) is 5.35. The molecule has 94 heavy (non-hydrogen) atoms. The lowest BCUT2D eigenvalue weighted by atomic mass is 10.2. The Hall–Kier alpha value is -10.1. The van der Waals surface area contributed by atoms with Crippen molar-refractivity contribution in [2.75, 3.05) is 46.1 Å². The second-order valence-electron chi connectivity index (χ2n) is 19.0. The third kappa shape index (κ3) is 43.6. The summed E-state index contributed by atoms with van der Waals surface area (Å²) < 4.78 is 47.2. The van der Waals surface area contributed by atoms with Gasteiger partial charge < -0.3 is 88.4 Å². The minimum atomic E-state index is -0.700. The minimum absolute atomic E-state index is 0.0376. The van der Waals surface area contributed by atoms with Gasteiger partial charge in [-0.25, -0.2) is 19.2 Å². The highest BCUT2D eigenvalue weighted by Gasteiger charge is 2.22. The number of aromatic nitrogens is 6. The van der Waals surface area contributed by atoms with E-state index in [0.717, 1.165) is 24.2 Å². The zero-order valence-electron chi connectivity index (χ0n) is 53.4. The summed E-state index contributed by atoms with van der Waals surface area (Å²) in [7, 11) is 4.96. The number of hydrogen-bond donors (Lipinski definition) is 5. The number of nitriles is 2. The monoisotopic (exact) mass is 1400 g/mol. The number of nitrogens with two attached hydrogens (primary N) is 3. The van der Waals surface area contributed by atoms with Crippen LogP contribution in [0.5, 0.6) is 0 Å². The van der Waals surface area contributed by atoms with E-state index in [2.05, 4.69) is 75.4 Å². The lowest BCUT2D eigenvalue weighted by Gasteiger charge is -2.24. The first-order valence-electron chi connectivity index (χ1n) is 26.9. The molecule has 8 N–H and O–H groups in total. The number of nitrogens with one attached hydrogen (secondary N) is 1. The van der Waals surface area contributed by atoms with Gasteiger partial charge in [0.1, 0.15) is 41.0 Å². The molecule has 0 bridgehead atoms. The number of ether oxygens (including phenoxy) is 4. The number of amides is 5. The van der Waals surface area contributed by atoms with Crippen LogP contribution < -0.4 is 22.5 Å². The number of esters is 2. The van der Waals surface area contributed by atoms with Crippen molar-refractivity contribution in [1.82, 2.24) is 46.1 Å². The van der Waals surface area contributed by atoms with Gasteiger partial charge in [-0.3, -0.25) is 14.4 Å². The summed E-state index contributed by atoms with van der Waals surface area (Å²) in [4.78, 5) is 87.6. The Bertz CT molecular complexity index is 3340. The Morgan fingerprint density at radius 1 is 0.617 bits per heavy atom. The van der Waals surface area contributed by atoms with Crippen molar-refractivity contribution in [3.05, 3.63) is 105 Å². The highest BCUT2D eigenvalue weighted by Crippen LogP contribution is 2.14. The number of nitrogens with zero attached hydrogens (tertiary/aromatic N) is 11. The van der Waals surface area contributed by atoms with Crippen LogP contribution in [0.1, 0.15) is 157 Å². The van der Waals surface area contributed by atoms with Gasteiger partial charge in [0, 0.05) is 63.0 Å². The van der Waals surface area contributed by atoms with Crippen molar-refractivity contribution in [1.29, 1.82) is 10.5 Å². The molecule has 0 aliphatic heterocycles. The lowest BCUT2D eigenvalue weighted by Crippen LogP contribution is -2.33. The summed E-state index contributed by atoms with van der Waals surface area (Å²) >= 11 is 20.6. The Kier molecular flexibility index (Phi) is 47.4. The smallest absolute Gasteiger partial charge is 0.410 e. The van der Waals surface area contributed by atoms with E-state index in [1.807, 2.05) is 19.1 Å². The van der Waals surface area contributed by atoms with Gasteiger partial charge in [-0.2, -0.15) is 10.5 Å². The number of halogens is 4. The number of primary amides is 3. The van der Waals surface area contributed by atoms with Gasteiger partial charge in [0.15, 0.2) is 0 Å². The Morgan fingerprint density at radius 3 is 1.28 bits per heavy atom. The van der Waals surface area contributed by atoms with Crippen LogP contribution in [-0.2, 0) is 66.4 Å². The number of aryl methyl sites for hydroxylation is 1. The summed E-state index contributed by atoms with van der Waals surface area (Å²) in [5.41, 5.74) is 17.2. The highest BCUT2D eigenvalue weighted by molar-refractivity contribution is 6.24. The third-order valence-electron chi connectivity index (χ3n) is 8.73. The SMILES string of the molecule is C#CC(=O)OCC.CCCc1cc(C(N)=O)on1.CCOC(=O)c1cc(CCl)no1.CN(Cc1cc(C#N)on1)C(=O)OC(C)(C)C.CN(Cc1cc(C(N)=O)on1)C(=O)OC(C)(C)C.CNCc1cc(C#N)on1.NC(=O)c1cc(CCl)no1.O/N=C\CCl.O=CCCl. The van der Waals surface area contributed by atoms with Crippen LogP contribution >= 0.6 is 46.4 Å². The molecule has 0 aliphatic rings. The molecule has 516 valence electrons. The van der Waals surface area contributed by atoms with Crippen LogP contribution in [0.2, 0.25) is 0 Å². The maximum absolute atomic E-state index is 11.7. The van der Waals surface area contributed by atoms with Crippen molar-refractivity contribution >= 4 is 101 Å². The zero-order chi connectivity index (χ0) is 72.4. The zero-order valence-corrected chi connectivity index (χ0v) is 56.5. The van der Waals surface area contributed by atoms with E-state index in [4.69, 9.17) is 103 Å². The molecule has 0 spiro atoms. The number of oxime groups is 1. The van der Waals surface area contributed by atoms with Crippen LogP contribution in [0.25, 0.3) is 0 Å². The molecular formula is C56H75Cl4N15O19. The molecular weight excluding hydrogens is 1330 g/mol. The van der Waals surface area contributed by atoms with Gasteiger partial charge >= 0.3 is 24.1 Å². The van der Waals surface area contributed by atoms with E-state index < -0.39 is 53.0 Å². The molecule has 6 aromatic rings. The van der Waals surface area contributed by atoms with Gasteiger partial charge in [-0.05, 0) is 68.9 Å². The molecule has 38 heteroatoms. The molecule has 6 heterocycles. The number of alkyl halides is 4. The van der Waals surface area contributed by atoms with E-state index in [-0.39, 0.29) is 71.2 Å². The lowest BCUT2D eigenvalue weighted by molar-refractivity contribution is -0.136. The summed E-state index contributed by atoms with van der Waals surface area (Å²) in [5, 5.41) is 51.4. The first-order chi connectivity index (χ1) is 44.2. The van der Waals surface area contributed by atoms with E-state index >= 15 is 0 Å². The molecule has 6 aromatic heterocycles. The standard InChI is InChI=1S/C11H17N3O4.C11H15N3O3.C7H8ClNO3.C7H10N2O2.C6H7N3O.C5H5ClN2O2.C5H6O2.C2H4ClNO.C2H3ClO/c1-11(2,3)17-10(16)14(4)6-7-5-8(9(12)15)18-13-7;1-11(2,3)16-10(15)14(4)7-8-5-9(6-12)17-13-8;1-2-11-7(10)6-3-5(4-8)9-12-6;1-2-3-5-4-6(7(8)10)11-9-5;1-8-4-5-2-6(3-7)10-9-5;6-2-3-1-4(5(7)9)10-8-3;1-3-5(6)7-4-2;3-1-2-4-5;3-1-2-4/h5H,6H2,1-4H3,(H2,12,15);5H,7H2,1-4H3;3H,2,4H2,1H3;4H,2-3H2,1H3,(H2,8,10);2,8H,4H2,1H3;1H,2H2,(H2,7,9);1H,4H2,2H3;2,5H,1H2;2H,1H2/b;;;;;;;4-2-;. The van der Waals surface area contributed by atoms with E-state index in [1.165, 1.54) is 40.3 Å². The number of rotatable bonds is 18. The van der Waals surface area contributed by atoms with Crippen LogP contribution in [0, 0.1) is 35.0 Å². The molecule has 6 rings (SSSR count). The number of terminal acetylenes is 1. The summed E-state index contributed by atoms with van der Waals surface area (Å²) in [6, 6.07) is 12.6. The van der Waals surface area contributed by atoms with Crippen molar-refractivity contribution in [2.45, 2.75) is 118 Å². The Morgan fingerprint density at radius 2 is 0.979 bits per heavy atom. The predicted octanol–water partition coefficient (Wildman–Crippen LogP) is 7.44. The van der Waals surface area contributed by atoms with E-state index in [0.29, 0.717) is 48.8 Å². The van der Waals surface area contributed by atoms with Crippen LogP contribution in [0.3, 0.4) is 0 Å². The van der Waals surface area contributed by atoms with Gasteiger partial charge in [0.25, 0.3) is 17.7 Å². The molecule has 0 radical (unpaired) electrons. The van der Waals surface area contributed by atoms with Crippen molar-refractivity contribution in [3.63, 3.8) is 0 Å². The summed E-state index contributed by atoms with van der Waals surface area (Å²) in [5.74, 6) is 0.221. The van der Waals surface area contributed by atoms with Crippen LogP contribution in [0.4, 0.5) is 9.59 Å². The quantitative estimate of drug-likeness (QED) is 0.00642. The number of carbonyl (C=O) groups is 8. The maximum atomic E-state index is 11.7. The van der Waals surface area contributed by atoms with Crippen molar-refractivity contribution in [3.8, 4) is 24.5 Å². The fraction of sp³-hybridized carbons (Fsp3) is 0.446. The van der Waals surface area contributed by atoms with Crippen LogP contribution in [-0.4, -0.2) is 158 Å². The van der Waals surface area contributed by atoms with E-state index in [1.54, 1.807) is 94.6 Å². The number of carbonyl (C=O) groups excluding carboxylic acids is 8. The van der Waals surface area contributed by atoms with Crippen LogP contribution in [0.15, 0.2) is 68.7 Å². The average molecular weight is 1400 g/mol. The normalized spacial score (nSPS) is 9.80. The van der Waals surface area contributed by atoms with Gasteiger partial charge in [0.2, 0.25) is 34.6 Å². The van der Waals surface area contributed by atoms with Crippen molar-refractivity contribution in [2.24, 2.45) is 22.4 Å². The molecule has 34 nitrogen and oxygen atoms in total. The van der Waals surface area contributed by atoms with Gasteiger partial charge in [-0.1, -0.05) is 44.3 Å². The largest absolute Gasteiger partial charge is 0.460 e. The first-order valence-corrected chi connectivity index (χ1v) is 29.0. The second kappa shape index (κ2) is 50.6. The highest BCUT2D eigenvalue weighted by atomic mass is 35.5. The van der Waals surface area contributed by atoms with Gasteiger partial charge in [0.05, 0.1) is 78.8 Å². The molecule has 0 fully saturated rings. The molecule has 0 unspecified atom stereocenters. The number of aldehydes is 1. The summed E-state index contributed by atoms with van der Waals surface area (Å²) in [6.07, 6.45) is 7.34. The molecule has 0 saturated carbocycles. The summed E-state index contributed by atoms with van der Waals surface area (Å²) in [6.45, 7) is 17.9. The Balaban J connectivity index is -0.00000102. The number of hydrogen-bond acceptors (Lipinski definition) is 29. The molecule has 5 amide bonds. The first kappa shape index (κ1) is 88.1. The second-order valence-corrected chi connectivity index (χ2v) is 20.1. The third-order valence-corrected chi connectivity index (χ3v) is 9.54. The Labute approximate surface area is 560 Å². The molecule has 0 saturated heterocycles.